The molecular formula is C12H10F3N3O2S. The highest BCUT2D eigenvalue weighted by Gasteiger charge is 2.15. The van der Waals surface area contributed by atoms with Crippen molar-refractivity contribution >= 4 is 17.4 Å². The highest BCUT2D eigenvalue weighted by Crippen LogP contribution is 2.34. The first-order valence-electron chi connectivity index (χ1n) is 5.65. The second-order valence-electron chi connectivity index (χ2n) is 3.99. The summed E-state index contributed by atoms with van der Waals surface area (Å²) in [6.07, 6.45) is 0. The van der Waals surface area contributed by atoms with Gasteiger partial charge in [-0.3, -0.25) is 4.79 Å². The van der Waals surface area contributed by atoms with Crippen LogP contribution < -0.4 is 16.0 Å². The molecule has 0 atom stereocenters. The summed E-state index contributed by atoms with van der Waals surface area (Å²) in [5.74, 6) is -1.63. The van der Waals surface area contributed by atoms with Crippen LogP contribution >= 0.6 is 11.8 Å². The van der Waals surface area contributed by atoms with Crippen molar-refractivity contribution in [1.82, 2.24) is 9.97 Å². The minimum absolute atomic E-state index is 0.0169. The molecule has 0 aliphatic heterocycles. The van der Waals surface area contributed by atoms with E-state index in [1.807, 2.05) is 0 Å². The molecule has 0 aliphatic carbocycles. The number of halogens is 3. The summed E-state index contributed by atoms with van der Waals surface area (Å²) in [5.41, 5.74) is 5.75. The third-order valence-electron chi connectivity index (χ3n) is 2.34. The number of nitrogens with two attached hydrogens (primary N) is 1. The maximum absolute atomic E-state index is 13.4. The minimum atomic E-state index is -3.15. The second kappa shape index (κ2) is 6.08. The van der Waals surface area contributed by atoms with E-state index in [4.69, 9.17) is 5.73 Å². The lowest BCUT2D eigenvalue weighted by atomic mass is 10.3. The van der Waals surface area contributed by atoms with Crippen molar-refractivity contribution in [3.8, 4) is 5.75 Å². The molecule has 5 nitrogen and oxygen atoms in total. The van der Waals surface area contributed by atoms with Crippen LogP contribution in [0, 0.1) is 12.7 Å². The number of ether oxygens (including phenoxy) is 1. The zero-order valence-corrected chi connectivity index (χ0v) is 11.5. The van der Waals surface area contributed by atoms with E-state index in [1.54, 1.807) is 6.92 Å². The molecule has 2 rings (SSSR count). The zero-order valence-electron chi connectivity index (χ0n) is 10.7. The number of aromatic amines is 1. The number of nitrogens with zero attached hydrogens (tertiary/aromatic N) is 1. The van der Waals surface area contributed by atoms with Gasteiger partial charge < -0.3 is 15.5 Å². The first kappa shape index (κ1) is 15.2. The average Bonchev–Trinajstić information content (AvgIpc) is 2.33. The van der Waals surface area contributed by atoms with E-state index in [9.17, 15) is 18.0 Å². The third kappa shape index (κ3) is 3.91. The number of rotatable bonds is 4. The molecule has 0 saturated carbocycles. The summed E-state index contributed by atoms with van der Waals surface area (Å²) in [6, 6.07) is 3.20. The number of benzene rings is 1. The second-order valence-corrected chi connectivity index (χ2v) is 5.02. The van der Waals surface area contributed by atoms with Crippen LogP contribution in [0.25, 0.3) is 0 Å². The van der Waals surface area contributed by atoms with Gasteiger partial charge in [0.05, 0.1) is 0 Å². The average molecular weight is 317 g/mol. The summed E-state index contributed by atoms with van der Waals surface area (Å²) in [4.78, 5) is 18.1. The Balaban J connectivity index is 2.36. The predicted octanol–water partition coefficient (Wildman–Crippen LogP) is 2.55. The molecular weight excluding hydrogens is 307 g/mol. The molecule has 1 aromatic carbocycles. The molecule has 9 heteroatoms. The SMILES string of the molecule is Cc1cc(=O)[nH]c(Sc2cc(OC(F)F)c(F)cc2N)n1. The molecule has 112 valence electrons. The first-order chi connectivity index (χ1) is 9.85. The van der Waals surface area contributed by atoms with E-state index in [0.717, 1.165) is 23.9 Å². The fourth-order valence-electron chi connectivity index (χ4n) is 1.53. The van der Waals surface area contributed by atoms with Crippen molar-refractivity contribution in [1.29, 1.82) is 0 Å². The van der Waals surface area contributed by atoms with E-state index in [1.165, 1.54) is 6.07 Å². The first-order valence-corrected chi connectivity index (χ1v) is 6.46. The topological polar surface area (TPSA) is 81.0 Å². The number of H-pyrrole nitrogens is 1. The van der Waals surface area contributed by atoms with Gasteiger partial charge in [-0.25, -0.2) is 9.37 Å². The Morgan fingerprint density at radius 2 is 2.10 bits per heavy atom. The van der Waals surface area contributed by atoms with Crippen molar-refractivity contribution in [2.45, 2.75) is 23.6 Å². The van der Waals surface area contributed by atoms with Crippen LogP contribution in [0.15, 0.2) is 33.0 Å². The Morgan fingerprint density at radius 1 is 1.38 bits per heavy atom. The lowest BCUT2D eigenvalue weighted by Crippen LogP contribution is -2.08. The van der Waals surface area contributed by atoms with E-state index in [0.29, 0.717) is 5.69 Å². The van der Waals surface area contributed by atoms with E-state index in [2.05, 4.69) is 14.7 Å². The Hall–Kier alpha value is -2.16. The molecule has 0 spiro atoms. The molecule has 1 aromatic heterocycles. The van der Waals surface area contributed by atoms with Crippen LogP contribution in [0.4, 0.5) is 18.9 Å². The molecule has 0 amide bonds. The molecule has 0 saturated heterocycles. The Bertz CT molecular complexity index is 721. The lowest BCUT2D eigenvalue weighted by Gasteiger charge is -2.10. The molecule has 2 aromatic rings. The van der Waals surface area contributed by atoms with E-state index in [-0.39, 0.29) is 21.3 Å². The van der Waals surface area contributed by atoms with Gasteiger partial charge in [-0.15, -0.1) is 0 Å². The van der Waals surface area contributed by atoms with E-state index < -0.39 is 18.2 Å². The fraction of sp³-hybridized carbons (Fsp3) is 0.167. The number of hydrogen-bond donors (Lipinski definition) is 2. The maximum Gasteiger partial charge on any atom is 0.387 e. The van der Waals surface area contributed by atoms with Crippen LogP contribution in [-0.2, 0) is 0 Å². The Morgan fingerprint density at radius 3 is 2.71 bits per heavy atom. The maximum atomic E-state index is 13.4. The Labute approximate surface area is 121 Å². The zero-order chi connectivity index (χ0) is 15.6. The van der Waals surface area contributed by atoms with Crippen molar-refractivity contribution in [2.24, 2.45) is 0 Å². The van der Waals surface area contributed by atoms with Gasteiger partial charge in [-0.1, -0.05) is 0 Å². The third-order valence-corrected chi connectivity index (χ3v) is 3.30. The minimum Gasteiger partial charge on any atom is -0.432 e. The van der Waals surface area contributed by atoms with Crippen molar-refractivity contribution < 1.29 is 17.9 Å². The summed E-state index contributed by atoms with van der Waals surface area (Å²) < 4.78 is 41.9. The van der Waals surface area contributed by atoms with Crippen LogP contribution in [-0.4, -0.2) is 16.6 Å². The van der Waals surface area contributed by atoms with Gasteiger partial charge in [0.25, 0.3) is 5.56 Å². The number of aryl methyl sites for hydroxylation is 1. The number of nitrogen functional groups attached to an aromatic ring is 1. The lowest BCUT2D eigenvalue weighted by molar-refractivity contribution is -0.0523. The highest BCUT2D eigenvalue weighted by molar-refractivity contribution is 7.99. The number of nitrogens with one attached hydrogen (secondary N) is 1. The van der Waals surface area contributed by atoms with Crippen LogP contribution in [0.2, 0.25) is 0 Å². The van der Waals surface area contributed by atoms with Crippen LogP contribution in [0.1, 0.15) is 5.69 Å². The number of aromatic nitrogens is 2. The van der Waals surface area contributed by atoms with Gasteiger partial charge in [0.15, 0.2) is 16.7 Å². The monoisotopic (exact) mass is 317 g/mol. The quantitative estimate of drug-likeness (QED) is 0.669. The number of hydrogen-bond acceptors (Lipinski definition) is 5. The van der Waals surface area contributed by atoms with Crippen molar-refractivity contribution in [3.63, 3.8) is 0 Å². The van der Waals surface area contributed by atoms with Gasteiger partial charge >= 0.3 is 6.61 Å². The van der Waals surface area contributed by atoms with Crippen molar-refractivity contribution in [3.05, 3.63) is 40.1 Å². The molecule has 3 N–H and O–H groups in total. The number of alkyl halides is 2. The van der Waals surface area contributed by atoms with E-state index >= 15 is 0 Å². The predicted molar refractivity (Wildman–Crippen MR) is 71.2 cm³/mol. The van der Waals surface area contributed by atoms with Gasteiger partial charge in [-0.05, 0) is 24.8 Å². The molecule has 0 unspecified atom stereocenters. The molecule has 21 heavy (non-hydrogen) atoms. The number of anilines is 1. The Kier molecular flexibility index (Phi) is 4.41. The highest BCUT2D eigenvalue weighted by atomic mass is 32.2. The summed E-state index contributed by atoms with van der Waals surface area (Å²) in [6.45, 7) is -1.53. The molecule has 1 heterocycles. The summed E-state index contributed by atoms with van der Waals surface area (Å²) in [5, 5.41) is 0.210. The molecule has 0 fully saturated rings. The summed E-state index contributed by atoms with van der Waals surface area (Å²) in [7, 11) is 0. The van der Waals surface area contributed by atoms with Crippen molar-refractivity contribution in [2.75, 3.05) is 5.73 Å². The largest absolute Gasteiger partial charge is 0.432 e. The molecule has 0 bridgehead atoms. The van der Waals surface area contributed by atoms with Crippen LogP contribution in [0.3, 0.4) is 0 Å². The smallest absolute Gasteiger partial charge is 0.387 e. The standard InChI is InChI=1S/C12H10F3N3O2S/c1-5-2-10(19)18-12(17-5)21-9-4-8(20-11(14)15)6(13)3-7(9)16/h2-4,11H,16H2,1H3,(H,17,18,19). The van der Waals surface area contributed by atoms with Gasteiger partial charge in [-0.2, -0.15) is 8.78 Å². The van der Waals surface area contributed by atoms with Gasteiger partial charge in [0.2, 0.25) is 0 Å². The normalized spacial score (nSPS) is 10.9. The fourth-order valence-corrected chi connectivity index (χ4v) is 2.42. The van der Waals surface area contributed by atoms with Crippen LogP contribution in [0.5, 0.6) is 5.75 Å². The summed E-state index contributed by atoms with van der Waals surface area (Å²) >= 11 is 0.909. The van der Waals surface area contributed by atoms with Gasteiger partial charge in [0.1, 0.15) is 0 Å². The molecule has 0 radical (unpaired) electrons. The van der Waals surface area contributed by atoms with Gasteiger partial charge in [0, 0.05) is 28.4 Å². The molecule has 0 aliphatic rings.